The Morgan fingerprint density at radius 3 is 2.81 bits per heavy atom. The maximum atomic E-state index is 11.4. The zero-order chi connectivity index (χ0) is 11.5. The van der Waals surface area contributed by atoms with Gasteiger partial charge in [0, 0.05) is 11.3 Å². The van der Waals surface area contributed by atoms with Crippen LogP contribution in [0.2, 0.25) is 0 Å². The highest BCUT2D eigenvalue weighted by Crippen LogP contribution is 2.19. The minimum Gasteiger partial charge on any atom is -0.465 e. The van der Waals surface area contributed by atoms with Crippen molar-refractivity contribution in [3.8, 4) is 11.3 Å². The number of carbonyl (C=O) groups excluding carboxylic acids is 1. The lowest BCUT2D eigenvalue weighted by molar-refractivity contribution is 0.0601. The number of H-pyrrole nitrogens is 1. The van der Waals surface area contributed by atoms with Crippen LogP contribution in [0.25, 0.3) is 11.3 Å². The summed E-state index contributed by atoms with van der Waals surface area (Å²) in [6.45, 7) is 1.93. The standard InChI is InChI=1S/C12H12N2O2/c1-8-6-11(14-13-8)9-4-3-5-10(7-9)12(15)16-2/h3-7H,1-2H3,(H,13,14). The molecule has 1 aromatic heterocycles. The molecule has 0 aliphatic rings. The molecular weight excluding hydrogens is 204 g/mol. The Bertz CT molecular complexity index is 517. The lowest BCUT2D eigenvalue weighted by Gasteiger charge is -2.01. The van der Waals surface area contributed by atoms with Gasteiger partial charge in [-0.25, -0.2) is 4.79 Å². The second kappa shape index (κ2) is 4.18. The molecule has 2 rings (SSSR count). The lowest BCUT2D eigenvalue weighted by Crippen LogP contribution is -2.00. The van der Waals surface area contributed by atoms with Gasteiger partial charge in [0.15, 0.2) is 0 Å². The van der Waals surface area contributed by atoms with E-state index in [9.17, 15) is 4.79 Å². The number of aromatic amines is 1. The molecule has 82 valence electrons. The van der Waals surface area contributed by atoms with Crippen molar-refractivity contribution in [1.82, 2.24) is 10.2 Å². The first-order valence-electron chi connectivity index (χ1n) is 4.91. The number of methoxy groups -OCH3 is 1. The number of rotatable bonds is 2. The fourth-order valence-electron chi connectivity index (χ4n) is 1.49. The van der Waals surface area contributed by atoms with Gasteiger partial charge in [-0.2, -0.15) is 5.10 Å². The molecule has 0 amide bonds. The molecule has 1 aromatic carbocycles. The highest BCUT2D eigenvalue weighted by Gasteiger charge is 2.07. The number of carbonyl (C=O) groups is 1. The van der Waals surface area contributed by atoms with Crippen molar-refractivity contribution in [3.63, 3.8) is 0 Å². The van der Waals surface area contributed by atoms with Crippen molar-refractivity contribution in [2.75, 3.05) is 7.11 Å². The molecule has 1 N–H and O–H groups in total. The SMILES string of the molecule is COC(=O)c1cccc(-c2cc(C)[nH]n2)c1. The maximum Gasteiger partial charge on any atom is 0.337 e. The van der Waals surface area contributed by atoms with E-state index >= 15 is 0 Å². The highest BCUT2D eigenvalue weighted by molar-refractivity contribution is 5.90. The smallest absolute Gasteiger partial charge is 0.337 e. The van der Waals surface area contributed by atoms with E-state index in [2.05, 4.69) is 14.9 Å². The van der Waals surface area contributed by atoms with Gasteiger partial charge in [-0.1, -0.05) is 12.1 Å². The predicted molar refractivity (Wildman–Crippen MR) is 60.1 cm³/mol. The number of aryl methyl sites for hydroxylation is 1. The summed E-state index contributed by atoms with van der Waals surface area (Å²) in [5.41, 5.74) is 3.23. The summed E-state index contributed by atoms with van der Waals surface area (Å²) in [4.78, 5) is 11.4. The van der Waals surface area contributed by atoms with E-state index in [0.717, 1.165) is 17.0 Å². The number of nitrogens with one attached hydrogen (secondary N) is 1. The number of nitrogens with zero attached hydrogens (tertiary/aromatic N) is 1. The highest BCUT2D eigenvalue weighted by atomic mass is 16.5. The molecule has 0 aliphatic heterocycles. The van der Waals surface area contributed by atoms with Gasteiger partial charge in [-0.05, 0) is 25.1 Å². The van der Waals surface area contributed by atoms with Crippen LogP contribution in [0.4, 0.5) is 0 Å². The average Bonchev–Trinajstić information content (AvgIpc) is 2.75. The molecule has 0 bridgehead atoms. The summed E-state index contributed by atoms with van der Waals surface area (Å²) in [5.74, 6) is -0.339. The molecular formula is C12H12N2O2. The fourth-order valence-corrected chi connectivity index (χ4v) is 1.49. The summed E-state index contributed by atoms with van der Waals surface area (Å²) in [7, 11) is 1.37. The van der Waals surface area contributed by atoms with Crippen LogP contribution in [0.1, 0.15) is 16.1 Å². The van der Waals surface area contributed by atoms with Crippen LogP contribution in [-0.2, 0) is 4.74 Å². The Balaban J connectivity index is 2.39. The van der Waals surface area contributed by atoms with Crippen LogP contribution in [0.15, 0.2) is 30.3 Å². The van der Waals surface area contributed by atoms with Crippen molar-refractivity contribution in [1.29, 1.82) is 0 Å². The Morgan fingerprint density at radius 2 is 2.19 bits per heavy atom. The van der Waals surface area contributed by atoms with E-state index in [-0.39, 0.29) is 5.97 Å². The van der Waals surface area contributed by atoms with E-state index in [4.69, 9.17) is 0 Å². The second-order valence-electron chi connectivity index (χ2n) is 3.51. The molecule has 2 aromatic rings. The summed E-state index contributed by atoms with van der Waals surface area (Å²) < 4.78 is 4.67. The first kappa shape index (κ1) is 10.4. The number of aromatic nitrogens is 2. The molecule has 1 heterocycles. The molecule has 0 spiro atoms. The monoisotopic (exact) mass is 216 g/mol. The number of esters is 1. The number of ether oxygens (including phenoxy) is 1. The lowest BCUT2D eigenvalue weighted by atomic mass is 10.1. The number of benzene rings is 1. The van der Waals surface area contributed by atoms with Gasteiger partial charge in [0.05, 0.1) is 18.4 Å². The summed E-state index contributed by atoms with van der Waals surface area (Å²) in [6, 6.07) is 9.13. The molecule has 0 saturated heterocycles. The molecule has 0 radical (unpaired) electrons. The first-order chi connectivity index (χ1) is 7.70. The van der Waals surface area contributed by atoms with Crippen LogP contribution in [0.3, 0.4) is 0 Å². The van der Waals surface area contributed by atoms with E-state index in [1.54, 1.807) is 12.1 Å². The average molecular weight is 216 g/mol. The maximum absolute atomic E-state index is 11.4. The molecule has 0 atom stereocenters. The Kier molecular flexibility index (Phi) is 2.72. The van der Waals surface area contributed by atoms with Crippen molar-refractivity contribution < 1.29 is 9.53 Å². The third-order valence-electron chi connectivity index (χ3n) is 2.29. The van der Waals surface area contributed by atoms with Gasteiger partial charge in [0.1, 0.15) is 0 Å². The van der Waals surface area contributed by atoms with Crippen molar-refractivity contribution in [2.45, 2.75) is 6.92 Å². The van der Waals surface area contributed by atoms with Gasteiger partial charge in [-0.15, -0.1) is 0 Å². The summed E-state index contributed by atoms with van der Waals surface area (Å²) in [5, 5.41) is 7.00. The molecule has 4 heteroatoms. The van der Waals surface area contributed by atoms with Crippen molar-refractivity contribution in [3.05, 3.63) is 41.6 Å². The van der Waals surface area contributed by atoms with Crippen LogP contribution in [-0.4, -0.2) is 23.3 Å². The van der Waals surface area contributed by atoms with E-state index in [0.29, 0.717) is 5.56 Å². The zero-order valence-electron chi connectivity index (χ0n) is 9.15. The molecule has 4 nitrogen and oxygen atoms in total. The molecule has 16 heavy (non-hydrogen) atoms. The van der Waals surface area contributed by atoms with Gasteiger partial charge in [-0.3, -0.25) is 5.10 Å². The van der Waals surface area contributed by atoms with Gasteiger partial charge in [0.2, 0.25) is 0 Å². The van der Waals surface area contributed by atoms with Crippen LogP contribution in [0.5, 0.6) is 0 Å². The van der Waals surface area contributed by atoms with Gasteiger partial charge >= 0.3 is 5.97 Å². The first-order valence-corrected chi connectivity index (χ1v) is 4.91. The minimum absolute atomic E-state index is 0.339. The molecule has 0 unspecified atom stereocenters. The van der Waals surface area contributed by atoms with Crippen LogP contribution < -0.4 is 0 Å². The largest absolute Gasteiger partial charge is 0.465 e. The number of hydrogen-bond acceptors (Lipinski definition) is 3. The molecule has 0 fully saturated rings. The quantitative estimate of drug-likeness (QED) is 0.783. The Hall–Kier alpha value is -2.10. The minimum atomic E-state index is -0.339. The Labute approximate surface area is 93.3 Å². The summed E-state index contributed by atoms with van der Waals surface area (Å²) >= 11 is 0. The topological polar surface area (TPSA) is 55.0 Å². The predicted octanol–water partition coefficient (Wildman–Crippen LogP) is 2.17. The third-order valence-corrected chi connectivity index (χ3v) is 2.29. The van der Waals surface area contributed by atoms with E-state index in [1.165, 1.54) is 7.11 Å². The fraction of sp³-hybridized carbons (Fsp3) is 0.167. The van der Waals surface area contributed by atoms with Gasteiger partial charge in [0.25, 0.3) is 0 Å². The van der Waals surface area contributed by atoms with Gasteiger partial charge < -0.3 is 4.74 Å². The van der Waals surface area contributed by atoms with E-state index in [1.807, 2.05) is 25.1 Å². The zero-order valence-corrected chi connectivity index (χ0v) is 9.15. The second-order valence-corrected chi connectivity index (χ2v) is 3.51. The van der Waals surface area contributed by atoms with Crippen LogP contribution in [0, 0.1) is 6.92 Å². The Morgan fingerprint density at radius 1 is 1.38 bits per heavy atom. The molecule has 0 saturated carbocycles. The summed E-state index contributed by atoms with van der Waals surface area (Å²) in [6.07, 6.45) is 0. The van der Waals surface area contributed by atoms with Crippen molar-refractivity contribution in [2.24, 2.45) is 0 Å². The van der Waals surface area contributed by atoms with Crippen molar-refractivity contribution >= 4 is 5.97 Å². The third kappa shape index (κ3) is 1.95. The van der Waals surface area contributed by atoms with Crippen LogP contribution >= 0.6 is 0 Å². The van der Waals surface area contributed by atoms with E-state index < -0.39 is 0 Å². The molecule has 0 aliphatic carbocycles. The number of hydrogen-bond donors (Lipinski definition) is 1. The normalized spacial score (nSPS) is 10.1.